The molecule has 2 aromatic carbocycles. The molecule has 0 aromatic heterocycles. The minimum atomic E-state index is -3.77. The second-order valence-corrected chi connectivity index (χ2v) is 7.68. The highest BCUT2D eigenvalue weighted by Crippen LogP contribution is 2.17. The SMILES string of the molecule is COCCNCCNC(=O)c1cccc(S(=O)(=O)Nc2ccc(C)cc2)c1.Cl. The first-order chi connectivity index (χ1) is 12.9. The number of hydrogen-bond donors (Lipinski definition) is 3. The molecule has 1 amide bonds. The topological polar surface area (TPSA) is 96.5 Å². The van der Waals surface area contributed by atoms with Crippen LogP contribution in [0.5, 0.6) is 0 Å². The summed E-state index contributed by atoms with van der Waals surface area (Å²) in [4.78, 5) is 12.3. The molecule has 0 fully saturated rings. The third kappa shape index (κ3) is 7.47. The molecule has 0 saturated carbocycles. The standard InChI is InChI=1S/C19H25N3O4S.ClH/c1-15-6-8-17(9-7-15)22-27(24,25)18-5-3-4-16(14-18)19(23)21-11-10-20-12-13-26-2;/h3-9,14,20,22H,10-13H2,1-2H3,(H,21,23);1H. The number of methoxy groups -OCH3 is 1. The van der Waals surface area contributed by atoms with E-state index in [-0.39, 0.29) is 23.2 Å². The van der Waals surface area contributed by atoms with Gasteiger partial charge >= 0.3 is 0 Å². The maximum absolute atomic E-state index is 12.6. The maximum atomic E-state index is 12.6. The van der Waals surface area contributed by atoms with Gasteiger partial charge in [0.05, 0.1) is 11.5 Å². The van der Waals surface area contributed by atoms with Gasteiger partial charge in [0.2, 0.25) is 0 Å². The number of benzene rings is 2. The lowest BCUT2D eigenvalue weighted by Crippen LogP contribution is -2.33. The number of sulfonamides is 1. The van der Waals surface area contributed by atoms with Crippen molar-refractivity contribution >= 4 is 34.0 Å². The fraction of sp³-hybridized carbons (Fsp3) is 0.316. The van der Waals surface area contributed by atoms with Crippen molar-refractivity contribution in [2.75, 3.05) is 38.1 Å². The minimum absolute atomic E-state index is 0. The first-order valence-electron chi connectivity index (χ1n) is 8.60. The van der Waals surface area contributed by atoms with E-state index in [1.165, 1.54) is 12.1 Å². The number of amides is 1. The Bertz CT molecular complexity index is 858. The minimum Gasteiger partial charge on any atom is -0.383 e. The largest absolute Gasteiger partial charge is 0.383 e. The number of anilines is 1. The van der Waals surface area contributed by atoms with Crippen molar-refractivity contribution in [1.82, 2.24) is 10.6 Å². The number of nitrogens with one attached hydrogen (secondary N) is 3. The zero-order valence-corrected chi connectivity index (χ0v) is 17.5. The second-order valence-electron chi connectivity index (χ2n) is 6.00. The van der Waals surface area contributed by atoms with Gasteiger partial charge < -0.3 is 15.4 Å². The van der Waals surface area contributed by atoms with E-state index in [4.69, 9.17) is 4.74 Å². The van der Waals surface area contributed by atoms with Gasteiger partial charge in [0.25, 0.3) is 15.9 Å². The van der Waals surface area contributed by atoms with Crippen LogP contribution in [0.4, 0.5) is 5.69 Å². The van der Waals surface area contributed by atoms with E-state index in [2.05, 4.69) is 15.4 Å². The van der Waals surface area contributed by atoms with Crippen molar-refractivity contribution in [1.29, 1.82) is 0 Å². The Balaban J connectivity index is 0.00000392. The third-order valence-corrected chi connectivity index (χ3v) is 5.16. The van der Waals surface area contributed by atoms with Crippen molar-refractivity contribution in [3.8, 4) is 0 Å². The lowest BCUT2D eigenvalue weighted by Gasteiger charge is -2.10. The summed E-state index contributed by atoms with van der Waals surface area (Å²) in [5.41, 5.74) is 1.80. The molecule has 3 N–H and O–H groups in total. The Morgan fingerprint density at radius 3 is 2.43 bits per heavy atom. The summed E-state index contributed by atoms with van der Waals surface area (Å²) in [6, 6.07) is 13.0. The van der Waals surface area contributed by atoms with Crippen LogP contribution in [0, 0.1) is 6.92 Å². The van der Waals surface area contributed by atoms with Gasteiger partial charge in [-0.25, -0.2) is 8.42 Å². The lowest BCUT2D eigenvalue weighted by molar-refractivity contribution is 0.0953. The summed E-state index contributed by atoms with van der Waals surface area (Å²) in [6.45, 7) is 4.25. The smallest absolute Gasteiger partial charge is 0.261 e. The van der Waals surface area contributed by atoms with E-state index in [9.17, 15) is 13.2 Å². The summed E-state index contributed by atoms with van der Waals surface area (Å²) >= 11 is 0. The predicted octanol–water partition coefficient (Wildman–Crippen LogP) is 2.18. The molecule has 7 nitrogen and oxygen atoms in total. The Kier molecular flexibility index (Phi) is 9.95. The van der Waals surface area contributed by atoms with Crippen molar-refractivity contribution < 1.29 is 17.9 Å². The maximum Gasteiger partial charge on any atom is 0.261 e. The first kappa shape index (κ1) is 23.9. The number of aryl methyl sites for hydroxylation is 1. The molecular formula is C19H26ClN3O4S. The zero-order valence-electron chi connectivity index (χ0n) is 15.9. The average Bonchev–Trinajstić information content (AvgIpc) is 2.66. The molecule has 0 radical (unpaired) electrons. The number of hydrogen-bond acceptors (Lipinski definition) is 5. The summed E-state index contributed by atoms with van der Waals surface area (Å²) in [5.74, 6) is -0.323. The van der Waals surface area contributed by atoms with Crippen molar-refractivity contribution in [3.63, 3.8) is 0 Å². The van der Waals surface area contributed by atoms with E-state index in [0.29, 0.717) is 37.5 Å². The Hall–Kier alpha value is -2.13. The van der Waals surface area contributed by atoms with Crippen LogP contribution in [0.15, 0.2) is 53.4 Å². The molecule has 0 aliphatic carbocycles. The molecule has 0 unspecified atom stereocenters. The number of rotatable bonds is 10. The van der Waals surface area contributed by atoms with Crippen molar-refractivity contribution in [2.45, 2.75) is 11.8 Å². The van der Waals surface area contributed by atoms with E-state index >= 15 is 0 Å². The van der Waals surface area contributed by atoms with Crippen LogP contribution in [0.2, 0.25) is 0 Å². The van der Waals surface area contributed by atoms with Gasteiger partial charge in [0.15, 0.2) is 0 Å². The van der Waals surface area contributed by atoms with Gasteiger partial charge in [-0.2, -0.15) is 0 Å². The van der Waals surface area contributed by atoms with Gasteiger partial charge in [-0.05, 0) is 37.3 Å². The van der Waals surface area contributed by atoms with Crippen LogP contribution in [0.25, 0.3) is 0 Å². The molecule has 9 heteroatoms. The van der Waals surface area contributed by atoms with E-state index in [0.717, 1.165) is 5.56 Å². The third-order valence-electron chi connectivity index (χ3n) is 3.78. The number of ether oxygens (including phenoxy) is 1. The van der Waals surface area contributed by atoms with Crippen LogP contribution in [0.3, 0.4) is 0 Å². The van der Waals surface area contributed by atoms with Gasteiger partial charge in [-0.15, -0.1) is 12.4 Å². The zero-order chi connectivity index (χ0) is 19.7. The van der Waals surface area contributed by atoms with Gasteiger partial charge in [0, 0.05) is 38.0 Å². The monoisotopic (exact) mass is 427 g/mol. The van der Waals surface area contributed by atoms with Crippen LogP contribution in [-0.4, -0.2) is 47.7 Å². The summed E-state index contributed by atoms with van der Waals surface area (Å²) in [6.07, 6.45) is 0. The fourth-order valence-electron chi connectivity index (χ4n) is 2.31. The Morgan fingerprint density at radius 1 is 1.04 bits per heavy atom. The highest BCUT2D eigenvalue weighted by Gasteiger charge is 2.16. The van der Waals surface area contributed by atoms with Crippen LogP contribution in [0.1, 0.15) is 15.9 Å². The molecule has 154 valence electrons. The molecule has 0 aliphatic heterocycles. The van der Waals surface area contributed by atoms with Crippen molar-refractivity contribution in [3.05, 3.63) is 59.7 Å². The van der Waals surface area contributed by atoms with Crippen LogP contribution < -0.4 is 15.4 Å². The molecule has 28 heavy (non-hydrogen) atoms. The number of carbonyl (C=O) groups is 1. The Morgan fingerprint density at radius 2 is 1.75 bits per heavy atom. The number of carbonyl (C=O) groups excluding carboxylic acids is 1. The molecular weight excluding hydrogens is 402 g/mol. The normalized spacial score (nSPS) is 10.8. The van der Waals surface area contributed by atoms with Gasteiger partial charge in [-0.1, -0.05) is 23.8 Å². The molecule has 0 atom stereocenters. The molecule has 0 aliphatic rings. The lowest BCUT2D eigenvalue weighted by atomic mass is 10.2. The molecule has 2 rings (SSSR count). The summed E-state index contributed by atoms with van der Waals surface area (Å²) in [7, 11) is -2.15. The van der Waals surface area contributed by atoms with Crippen LogP contribution in [-0.2, 0) is 14.8 Å². The van der Waals surface area contributed by atoms with Crippen LogP contribution >= 0.6 is 12.4 Å². The fourth-order valence-corrected chi connectivity index (χ4v) is 3.41. The van der Waals surface area contributed by atoms with Gasteiger partial charge in [0.1, 0.15) is 0 Å². The van der Waals surface area contributed by atoms with E-state index < -0.39 is 10.0 Å². The van der Waals surface area contributed by atoms with Gasteiger partial charge in [-0.3, -0.25) is 9.52 Å². The summed E-state index contributed by atoms with van der Waals surface area (Å²) in [5, 5.41) is 5.87. The molecule has 0 bridgehead atoms. The highest BCUT2D eigenvalue weighted by molar-refractivity contribution is 7.92. The molecule has 0 heterocycles. The summed E-state index contributed by atoms with van der Waals surface area (Å²) < 4.78 is 32.6. The molecule has 0 saturated heterocycles. The average molecular weight is 428 g/mol. The van der Waals surface area contributed by atoms with E-state index in [1.54, 1.807) is 31.4 Å². The van der Waals surface area contributed by atoms with E-state index in [1.807, 2.05) is 19.1 Å². The van der Waals surface area contributed by atoms with Crippen molar-refractivity contribution in [2.24, 2.45) is 0 Å². The number of halogens is 1. The molecule has 0 spiro atoms. The highest BCUT2D eigenvalue weighted by atomic mass is 35.5. The second kappa shape index (κ2) is 11.7. The quantitative estimate of drug-likeness (QED) is 0.505. The Labute approximate surface area is 172 Å². The predicted molar refractivity (Wildman–Crippen MR) is 113 cm³/mol. The first-order valence-corrected chi connectivity index (χ1v) is 10.1. The molecule has 2 aromatic rings.